The van der Waals surface area contributed by atoms with E-state index in [0.29, 0.717) is 6.54 Å². The number of hydrogen-bond donors (Lipinski definition) is 1. The van der Waals surface area contributed by atoms with Crippen LogP contribution in [0.4, 0.5) is 0 Å². The van der Waals surface area contributed by atoms with E-state index in [0.717, 1.165) is 24.3 Å². The van der Waals surface area contributed by atoms with Gasteiger partial charge in [0.2, 0.25) is 0 Å². The molecule has 1 fully saturated rings. The van der Waals surface area contributed by atoms with Gasteiger partial charge in [-0.25, -0.2) is 4.98 Å². The molecule has 5 heteroatoms. The monoisotopic (exact) mass is 203 g/mol. The zero-order chi connectivity index (χ0) is 10.3. The van der Waals surface area contributed by atoms with Gasteiger partial charge in [-0.05, 0) is 12.8 Å². The fraction of sp³-hybridized carbons (Fsp3) is 0.500. The Morgan fingerprint density at radius 3 is 2.93 bits per heavy atom. The lowest BCUT2D eigenvalue weighted by atomic mass is 9.68. The smallest absolute Gasteiger partial charge is 0.163 e. The van der Waals surface area contributed by atoms with Crippen LogP contribution in [0, 0.1) is 0 Å². The predicted molar refractivity (Wildman–Crippen MR) is 55.4 cm³/mol. The molecule has 0 saturated heterocycles. The summed E-state index contributed by atoms with van der Waals surface area (Å²) in [5.74, 6) is 0.972. The summed E-state index contributed by atoms with van der Waals surface area (Å²) < 4.78 is 1.95. The quantitative estimate of drug-likeness (QED) is 0.771. The average molecular weight is 203 g/mol. The summed E-state index contributed by atoms with van der Waals surface area (Å²) in [6.07, 6.45) is 6.94. The van der Waals surface area contributed by atoms with Gasteiger partial charge in [-0.3, -0.25) is 4.40 Å². The largest absolute Gasteiger partial charge is 0.329 e. The highest BCUT2D eigenvalue weighted by atomic mass is 15.3. The fourth-order valence-electron chi connectivity index (χ4n) is 2.23. The Labute approximate surface area is 87.3 Å². The molecule has 2 aromatic heterocycles. The molecule has 78 valence electrons. The molecule has 0 aromatic carbocycles. The van der Waals surface area contributed by atoms with Crippen molar-refractivity contribution in [3.8, 4) is 0 Å². The molecule has 3 rings (SSSR count). The molecule has 0 aliphatic heterocycles. The Hall–Kier alpha value is -1.49. The van der Waals surface area contributed by atoms with Crippen molar-refractivity contribution in [2.45, 2.75) is 24.7 Å². The van der Waals surface area contributed by atoms with Crippen molar-refractivity contribution in [3.05, 3.63) is 24.4 Å². The van der Waals surface area contributed by atoms with E-state index in [9.17, 15) is 0 Å². The van der Waals surface area contributed by atoms with Crippen molar-refractivity contribution in [2.24, 2.45) is 5.73 Å². The molecule has 1 aliphatic carbocycles. The zero-order valence-electron chi connectivity index (χ0n) is 8.43. The third-order valence-corrected chi connectivity index (χ3v) is 3.39. The summed E-state index contributed by atoms with van der Waals surface area (Å²) in [5.41, 5.74) is 6.74. The summed E-state index contributed by atoms with van der Waals surface area (Å²) in [7, 11) is 0. The van der Waals surface area contributed by atoms with Crippen LogP contribution in [0.1, 0.15) is 25.1 Å². The van der Waals surface area contributed by atoms with Crippen molar-refractivity contribution in [1.82, 2.24) is 19.6 Å². The lowest BCUT2D eigenvalue weighted by molar-refractivity contribution is 0.236. The van der Waals surface area contributed by atoms with Crippen LogP contribution in [-0.2, 0) is 5.41 Å². The van der Waals surface area contributed by atoms with Crippen LogP contribution in [0.2, 0.25) is 0 Å². The summed E-state index contributed by atoms with van der Waals surface area (Å²) in [6.45, 7) is 0.642. The number of hydrogen-bond acceptors (Lipinski definition) is 4. The van der Waals surface area contributed by atoms with Crippen molar-refractivity contribution < 1.29 is 0 Å². The molecular weight excluding hydrogens is 190 g/mol. The summed E-state index contributed by atoms with van der Waals surface area (Å²) >= 11 is 0. The minimum absolute atomic E-state index is 0.0441. The third-order valence-electron chi connectivity index (χ3n) is 3.39. The molecule has 2 heterocycles. The third kappa shape index (κ3) is 1.10. The van der Waals surface area contributed by atoms with Gasteiger partial charge >= 0.3 is 0 Å². The van der Waals surface area contributed by atoms with Gasteiger partial charge in [0.05, 0.1) is 0 Å². The highest BCUT2D eigenvalue weighted by molar-refractivity contribution is 5.37. The molecular formula is C10H13N5. The molecule has 2 N–H and O–H groups in total. The molecule has 15 heavy (non-hydrogen) atoms. The van der Waals surface area contributed by atoms with Gasteiger partial charge in [-0.15, -0.1) is 10.2 Å². The van der Waals surface area contributed by atoms with Gasteiger partial charge < -0.3 is 5.73 Å². The molecule has 2 aromatic rings. The Morgan fingerprint density at radius 1 is 1.40 bits per heavy atom. The highest BCUT2D eigenvalue weighted by Crippen LogP contribution is 2.41. The molecule has 0 bridgehead atoms. The fourth-order valence-corrected chi connectivity index (χ4v) is 2.23. The maximum Gasteiger partial charge on any atom is 0.163 e. The topological polar surface area (TPSA) is 69.1 Å². The lowest BCUT2D eigenvalue weighted by Gasteiger charge is -2.38. The second-order valence-electron chi connectivity index (χ2n) is 4.17. The van der Waals surface area contributed by atoms with E-state index >= 15 is 0 Å². The number of aromatic nitrogens is 4. The van der Waals surface area contributed by atoms with Crippen LogP contribution in [0.25, 0.3) is 5.65 Å². The molecule has 1 aliphatic rings. The number of rotatable bonds is 2. The summed E-state index contributed by atoms with van der Waals surface area (Å²) in [5, 5.41) is 8.39. The van der Waals surface area contributed by atoms with Gasteiger partial charge in [0.25, 0.3) is 0 Å². The maximum atomic E-state index is 5.85. The first-order valence-electron chi connectivity index (χ1n) is 5.21. The van der Waals surface area contributed by atoms with Gasteiger partial charge in [0, 0.05) is 24.2 Å². The SMILES string of the molecule is NCC1(c2nnc3ccncn23)CCC1. The van der Waals surface area contributed by atoms with E-state index in [1.165, 1.54) is 6.42 Å². The van der Waals surface area contributed by atoms with Crippen LogP contribution in [0.5, 0.6) is 0 Å². The standard InChI is InChI=1S/C10H13N5/c11-6-10(3-1-4-10)9-14-13-8-2-5-12-7-15(8)9/h2,5,7H,1,3-4,6,11H2. The van der Waals surface area contributed by atoms with Crippen molar-refractivity contribution >= 4 is 5.65 Å². The van der Waals surface area contributed by atoms with Gasteiger partial charge in [0.15, 0.2) is 5.65 Å². The van der Waals surface area contributed by atoms with Crippen molar-refractivity contribution in [2.75, 3.05) is 6.54 Å². The first-order chi connectivity index (χ1) is 7.36. The number of fused-ring (bicyclic) bond motifs is 1. The molecule has 0 amide bonds. The zero-order valence-corrected chi connectivity index (χ0v) is 8.43. The second-order valence-corrected chi connectivity index (χ2v) is 4.17. The molecule has 0 spiro atoms. The second kappa shape index (κ2) is 3.00. The molecule has 1 saturated carbocycles. The van der Waals surface area contributed by atoms with Crippen LogP contribution < -0.4 is 5.73 Å². The van der Waals surface area contributed by atoms with Crippen molar-refractivity contribution in [3.63, 3.8) is 0 Å². The minimum atomic E-state index is 0.0441. The summed E-state index contributed by atoms with van der Waals surface area (Å²) in [6, 6.07) is 1.86. The van der Waals surface area contributed by atoms with Gasteiger partial charge in [-0.1, -0.05) is 6.42 Å². The summed E-state index contributed by atoms with van der Waals surface area (Å²) in [4.78, 5) is 4.09. The Balaban J connectivity index is 2.18. The number of nitrogens with two attached hydrogens (primary N) is 1. The van der Waals surface area contributed by atoms with E-state index in [4.69, 9.17) is 5.73 Å². The van der Waals surface area contributed by atoms with Crippen molar-refractivity contribution in [1.29, 1.82) is 0 Å². The van der Waals surface area contributed by atoms with E-state index in [1.54, 1.807) is 12.5 Å². The molecule has 0 atom stereocenters. The Morgan fingerprint density at radius 2 is 2.27 bits per heavy atom. The number of nitrogens with zero attached hydrogens (tertiary/aromatic N) is 4. The first kappa shape index (κ1) is 8.79. The normalized spacial score (nSPS) is 19.0. The predicted octanol–water partition coefficient (Wildman–Crippen LogP) is 0.505. The van der Waals surface area contributed by atoms with E-state index < -0.39 is 0 Å². The molecule has 5 nitrogen and oxygen atoms in total. The first-order valence-corrected chi connectivity index (χ1v) is 5.21. The van der Waals surface area contributed by atoms with Crippen LogP contribution in [0.15, 0.2) is 18.6 Å². The Kier molecular flexibility index (Phi) is 1.76. The van der Waals surface area contributed by atoms with E-state index in [2.05, 4.69) is 15.2 Å². The molecule has 0 radical (unpaired) electrons. The minimum Gasteiger partial charge on any atom is -0.329 e. The highest BCUT2D eigenvalue weighted by Gasteiger charge is 2.41. The van der Waals surface area contributed by atoms with Gasteiger partial charge in [-0.2, -0.15) is 0 Å². The van der Waals surface area contributed by atoms with Crippen LogP contribution >= 0.6 is 0 Å². The van der Waals surface area contributed by atoms with Crippen LogP contribution in [0.3, 0.4) is 0 Å². The molecule has 0 unspecified atom stereocenters. The lowest BCUT2D eigenvalue weighted by Crippen LogP contribution is -2.43. The average Bonchev–Trinajstić information content (AvgIpc) is 2.62. The maximum absolute atomic E-state index is 5.85. The van der Waals surface area contributed by atoms with Crippen LogP contribution in [-0.4, -0.2) is 26.1 Å². The van der Waals surface area contributed by atoms with E-state index in [1.807, 2.05) is 10.5 Å². The van der Waals surface area contributed by atoms with E-state index in [-0.39, 0.29) is 5.41 Å². The van der Waals surface area contributed by atoms with Gasteiger partial charge in [0.1, 0.15) is 12.2 Å². The Bertz CT molecular complexity index is 480.